The van der Waals surface area contributed by atoms with Gasteiger partial charge in [0.15, 0.2) is 0 Å². The number of aromatic nitrogens is 2. The number of rotatable bonds is 5. The Kier molecular flexibility index (Phi) is 5.79. The number of aryl methyl sites for hydroxylation is 1. The lowest BCUT2D eigenvalue weighted by molar-refractivity contribution is 0.0743. The van der Waals surface area contributed by atoms with Gasteiger partial charge in [-0.25, -0.2) is 4.98 Å². The molecular weight excluding hydrogens is 378 g/mol. The van der Waals surface area contributed by atoms with Crippen molar-refractivity contribution in [2.24, 2.45) is 0 Å². The highest BCUT2D eigenvalue weighted by atomic mass is 16.5. The van der Waals surface area contributed by atoms with E-state index in [4.69, 9.17) is 4.74 Å². The molecule has 0 atom stereocenters. The van der Waals surface area contributed by atoms with Crippen LogP contribution in [0, 0.1) is 6.92 Å². The number of nitrogens with zero attached hydrogens (tertiary/aromatic N) is 4. The number of anilines is 3. The second kappa shape index (κ2) is 8.82. The molecule has 0 aliphatic carbocycles. The fourth-order valence-corrected chi connectivity index (χ4v) is 3.53. The van der Waals surface area contributed by atoms with Gasteiger partial charge in [-0.2, -0.15) is 4.98 Å². The highest BCUT2D eigenvalue weighted by Gasteiger charge is 2.25. The first-order valence-electron chi connectivity index (χ1n) is 9.99. The molecule has 4 rings (SSSR count). The van der Waals surface area contributed by atoms with Crippen LogP contribution in [0.5, 0.6) is 5.75 Å². The average molecular weight is 403 g/mol. The van der Waals surface area contributed by atoms with E-state index in [1.165, 1.54) is 0 Å². The van der Waals surface area contributed by atoms with Crippen LogP contribution in [0.4, 0.5) is 17.5 Å². The Morgan fingerprint density at radius 1 is 0.967 bits per heavy atom. The second-order valence-corrected chi connectivity index (χ2v) is 7.17. The summed E-state index contributed by atoms with van der Waals surface area (Å²) in [7, 11) is 1.58. The SMILES string of the molecule is COc1ccccc1C(=O)N1CCN(c2nc(C)cc(Nc3ccccc3)n2)CC1. The van der Waals surface area contributed by atoms with Crippen LogP contribution in [0.1, 0.15) is 16.1 Å². The number of nitrogens with one attached hydrogen (secondary N) is 1. The molecule has 2 aromatic carbocycles. The molecule has 0 unspecified atom stereocenters. The summed E-state index contributed by atoms with van der Waals surface area (Å²) in [6, 6.07) is 19.2. The lowest BCUT2D eigenvalue weighted by Gasteiger charge is -2.35. The number of para-hydroxylation sites is 2. The number of piperazine rings is 1. The number of amides is 1. The minimum atomic E-state index is -0.0105. The average Bonchev–Trinajstić information content (AvgIpc) is 2.79. The van der Waals surface area contributed by atoms with Gasteiger partial charge < -0.3 is 19.9 Å². The van der Waals surface area contributed by atoms with Crippen molar-refractivity contribution in [3.63, 3.8) is 0 Å². The molecule has 0 bridgehead atoms. The Balaban J connectivity index is 1.44. The van der Waals surface area contributed by atoms with Gasteiger partial charge in [-0.1, -0.05) is 30.3 Å². The molecule has 1 aromatic heterocycles. The Morgan fingerprint density at radius 2 is 1.67 bits per heavy atom. The summed E-state index contributed by atoms with van der Waals surface area (Å²) in [6.07, 6.45) is 0. The fraction of sp³-hybridized carbons (Fsp3) is 0.261. The van der Waals surface area contributed by atoms with E-state index in [-0.39, 0.29) is 5.91 Å². The van der Waals surface area contributed by atoms with Crippen molar-refractivity contribution in [1.82, 2.24) is 14.9 Å². The normalized spacial score (nSPS) is 13.8. The maximum Gasteiger partial charge on any atom is 0.257 e. The smallest absolute Gasteiger partial charge is 0.257 e. The number of methoxy groups -OCH3 is 1. The lowest BCUT2D eigenvalue weighted by Crippen LogP contribution is -2.49. The van der Waals surface area contributed by atoms with Crippen molar-refractivity contribution >= 4 is 23.4 Å². The fourth-order valence-electron chi connectivity index (χ4n) is 3.53. The second-order valence-electron chi connectivity index (χ2n) is 7.17. The van der Waals surface area contributed by atoms with Crippen LogP contribution < -0.4 is 15.0 Å². The minimum Gasteiger partial charge on any atom is -0.496 e. The summed E-state index contributed by atoms with van der Waals surface area (Å²) in [4.78, 5) is 26.2. The van der Waals surface area contributed by atoms with E-state index in [0.29, 0.717) is 43.4 Å². The van der Waals surface area contributed by atoms with Gasteiger partial charge >= 0.3 is 0 Å². The lowest BCUT2D eigenvalue weighted by atomic mass is 10.1. The molecule has 0 saturated carbocycles. The highest BCUT2D eigenvalue weighted by molar-refractivity contribution is 5.97. The monoisotopic (exact) mass is 403 g/mol. The molecule has 2 heterocycles. The van der Waals surface area contributed by atoms with E-state index in [0.717, 1.165) is 17.2 Å². The van der Waals surface area contributed by atoms with Crippen LogP contribution in [-0.2, 0) is 0 Å². The first kappa shape index (κ1) is 19.7. The van der Waals surface area contributed by atoms with Crippen LogP contribution in [0.25, 0.3) is 0 Å². The van der Waals surface area contributed by atoms with E-state index >= 15 is 0 Å². The van der Waals surface area contributed by atoms with Crippen molar-refractivity contribution in [3.05, 3.63) is 71.9 Å². The molecule has 1 amide bonds. The van der Waals surface area contributed by atoms with Gasteiger partial charge in [-0.3, -0.25) is 4.79 Å². The van der Waals surface area contributed by atoms with Gasteiger partial charge in [0.05, 0.1) is 12.7 Å². The highest BCUT2D eigenvalue weighted by Crippen LogP contribution is 2.22. The third-order valence-corrected chi connectivity index (χ3v) is 5.08. The topological polar surface area (TPSA) is 70.6 Å². The van der Waals surface area contributed by atoms with Crippen molar-refractivity contribution in [3.8, 4) is 5.75 Å². The van der Waals surface area contributed by atoms with Crippen molar-refractivity contribution in [2.75, 3.05) is 43.5 Å². The molecule has 1 fully saturated rings. The summed E-state index contributed by atoms with van der Waals surface area (Å²) in [5.41, 5.74) is 2.47. The molecule has 3 aromatic rings. The molecule has 1 N–H and O–H groups in total. The van der Waals surface area contributed by atoms with E-state index in [1.54, 1.807) is 13.2 Å². The van der Waals surface area contributed by atoms with E-state index < -0.39 is 0 Å². The number of carbonyl (C=O) groups excluding carboxylic acids is 1. The summed E-state index contributed by atoms with van der Waals surface area (Å²) >= 11 is 0. The van der Waals surface area contributed by atoms with Gasteiger partial charge in [0.1, 0.15) is 11.6 Å². The van der Waals surface area contributed by atoms with Gasteiger partial charge in [0, 0.05) is 43.6 Å². The number of ether oxygens (including phenoxy) is 1. The molecule has 154 valence electrons. The van der Waals surface area contributed by atoms with E-state index in [1.807, 2.05) is 66.4 Å². The standard InChI is InChI=1S/C23H25N5O2/c1-17-16-21(25-18-8-4-3-5-9-18)26-23(24-17)28-14-12-27(13-15-28)22(29)19-10-6-7-11-20(19)30-2/h3-11,16H,12-15H2,1-2H3,(H,24,25,26). The number of benzene rings is 2. The minimum absolute atomic E-state index is 0.0105. The summed E-state index contributed by atoms with van der Waals surface area (Å²) in [5, 5.41) is 3.33. The predicted octanol–water partition coefficient (Wildman–Crippen LogP) is 3.50. The Hall–Kier alpha value is -3.61. The largest absolute Gasteiger partial charge is 0.496 e. The number of hydrogen-bond acceptors (Lipinski definition) is 6. The van der Waals surface area contributed by atoms with Gasteiger partial charge in [-0.05, 0) is 31.2 Å². The first-order valence-corrected chi connectivity index (χ1v) is 9.99. The van der Waals surface area contributed by atoms with E-state index in [9.17, 15) is 4.79 Å². The Bertz CT molecular complexity index is 1020. The van der Waals surface area contributed by atoms with Gasteiger partial charge in [-0.15, -0.1) is 0 Å². The zero-order valence-electron chi connectivity index (χ0n) is 17.2. The summed E-state index contributed by atoms with van der Waals surface area (Å²) in [5.74, 6) is 2.03. The zero-order chi connectivity index (χ0) is 20.9. The van der Waals surface area contributed by atoms with E-state index in [2.05, 4.69) is 20.2 Å². The van der Waals surface area contributed by atoms with Crippen LogP contribution in [-0.4, -0.2) is 54.1 Å². The molecule has 1 saturated heterocycles. The predicted molar refractivity (Wildman–Crippen MR) is 118 cm³/mol. The maximum atomic E-state index is 12.9. The van der Waals surface area contributed by atoms with Crippen LogP contribution in [0.3, 0.4) is 0 Å². The molecule has 7 heteroatoms. The Morgan fingerprint density at radius 3 is 2.40 bits per heavy atom. The van der Waals surface area contributed by atoms with Gasteiger partial charge in [0.25, 0.3) is 5.91 Å². The zero-order valence-corrected chi connectivity index (χ0v) is 17.2. The van der Waals surface area contributed by atoms with Crippen LogP contribution >= 0.6 is 0 Å². The van der Waals surface area contributed by atoms with Crippen molar-refractivity contribution in [2.45, 2.75) is 6.92 Å². The molecule has 0 spiro atoms. The molecular formula is C23H25N5O2. The maximum absolute atomic E-state index is 12.9. The summed E-state index contributed by atoms with van der Waals surface area (Å²) < 4.78 is 5.34. The third-order valence-electron chi connectivity index (χ3n) is 5.08. The molecule has 1 aliphatic heterocycles. The number of hydrogen-bond donors (Lipinski definition) is 1. The molecule has 1 aliphatic rings. The number of carbonyl (C=O) groups is 1. The first-order chi connectivity index (χ1) is 14.6. The summed E-state index contributed by atoms with van der Waals surface area (Å²) in [6.45, 7) is 4.53. The molecule has 0 radical (unpaired) electrons. The van der Waals surface area contributed by atoms with Crippen LogP contribution in [0.2, 0.25) is 0 Å². The third kappa shape index (κ3) is 4.35. The Labute approximate surface area is 176 Å². The van der Waals surface area contributed by atoms with Gasteiger partial charge in [0.2, 0.25) is 5.95 Å². The quantitative estimate of drug-likeness (QED) is 0.703. The molecule has 7 nitrogen and oxygen atoms in total. The van der Waals surface area contributed by atoms with Crippen molar-refractivity contribution < 1.29 is 9.53 Å². The van der Waals surface area contributed by atoms with Crippen molar-refractivity contribution in [1.29, 1.82) is 0 Å². The van der Waals surface area contributed by atoms with Crippen LogP contribution in [0.15, 0.2) is 60.7 Å². The molecule has 30 heavy (non-hydrogen) atoms.